The van der Waals surface area contributed by atoms with Crippen molar-refractivity contribution < 1.29 is 48.9 Å². The van der Waals surface area contributed by atoms with E-state index >= 15 is 0 Å². The zero-order valence-corrected chi connectivity index (χ0v) is 26.5. The molecule has 0 aliphatic carbocycles. The van der Waals surface area contributed by atoms with Gasteiger partial charge in [-0.25, -0.2) is 4.79 Å². The molecule has 5 amide bonds. The van der Waals surface area contributed by atoms with Gasteiger partial charge in [-0.15, -0.1) is 0 Å². The SMILES string of the molecule is CSCCC(NC(=O)C(N)C(C)O)C(=O)NC(C)C(=O)N1CCCC1C(=O)NC(CCC(=O)O)C(=O)NC(C(=O)O)C(C)C. The fourth-order valence-corrected chi connectivity index (χ4v) is 4.96. The summed E-state index contributed by atoms with van der Waals surface area (Å²) in [4.78, 5) is 88.9. The predicted molar refractivity (Wildman–Crippen MR) is 160 cm³/mol. The number of nitrogens with one attached hydrogen (secondary N) is 4. The monoisotopic (exact) mass is 646 g/mol. The average molecular weight is 647 g/mol. The van der Waals surface area contributed by atoms with Crippen LogP contribution in [0, 0.1) is 5.92 Å². The lowest BCUT2D eigenvalue weighted by molar-refractivity contribution is -0.145. The summed E-state index contributed by atoms with van der Waals surface area (Å²) in [7, 11) is 0. The molecule has 250 valence electrons. The van der Waals surface area contributed by atoms with Gasteiger partial charge in [0.05, 0.1) is 6.10 Å². The predicted octanol–water partition coefficient (Wildman–Crippen LogP) is -2.00. The van der Waals surface area contributed by atoms with Crippen LogP contribution >= 0.6 is 11.8 Å². The van der Waals surface area contributed by atoms with Crippen LogP contribution in [0.3, 0.4) is 0 Å². The number of carbonyl (C=O) groups excluding carboxylic acids is 5. The number of carbonyl (C=O) groups is 7. The number of thioether (sulfide) groups is 1. The van der Waals surface area contributed by atoms with Crippen LogP contribution in [0.5, 0.6) is 0 Å². The standard InChI is InChI=1S/C27H46N6O10S/c1-13(2)21(27(42)43)32-23(38)16(8-9-19(35)36)30-24(39)18-7-6-11-33(18)26(41)14(3)29-22(37)17(10-12-44-5)31-25(40)20(28)15(4)34/h13-18,20-21,34H,6-12,28H2,1-5H3,(H,29,37)(H,30,39)(H,31,40)(H,32,38)(H,35,36)(H,42,43). The van der Waals surface area contributed by atoms with E-state index in [1.807, 2.05) is 6.26 Å². The Morgan fingerprint density at radius 2 is 1.48 bits per heavy atom. The molecule has 0 spiro atoms. The number of aliphatic hydroxyl groups excluding tert-OH is 1. The molecule has 9 N–H and O–H groups in total. The highest BCUT2D eigenvalue weighted by Crippen LogP contribution is 2.19. The molecule has 0 aromatic carbocycles. The van der Waals surface area contributed by atoms with Crippen molar-refractivity contribution >= 4 is 53.2 Å². The lowest BCUT2D eigenvalue weighted by Crippen LogP contribution is -2.59. The largest absolute Gasteiger partial charge is 0.481 e. The van der Waals surface area contributed by atoms with Crippen LogP contribution in [0.2, 0.25) is 0 Å². The molecule has 0 saturated carbocycles. The zero-order chi connectivity index (χ0) is 33.7. The minimum Gasteiger partial charge on any atom is -0.481 e. The van der Waals surface area contributed by atoms with Gasteiger partial charge in [0.2, 0.25) is 29.5 Å². The maximum absolute atomic E-state index is 13.3. The number of hydrogen-bond donors (Lipinski definition) is 8. The number of aliphatic hydroxyl groups is 1. The summed E-state index contributed by atoms with van der Waals surface area (Å²) >= 11 is 1.43. The van der Waals surface area contributed by atoms with E-state index in [0.29, 0.717) is 12.2 Å². The highest BCUT2D eigenvalue weighted by molar-refractivity contribution is 7.98. The molecule has 1 aliphatic heterocycles. The average Bonchev–Trinajstić information content (AvgIpc) is 3.44. The summed E-state index contributed by atoms with van der Waals surface area (Å²) in [5.74, 6) is -6.09. The third kappa shape index (κ3) is 11.9. The van der Waals surface area contributed by atoms with E-state index in [4.69, 9.17) is 10.8 Å². The van der Waals surface area contributed by atoms with E-state index in [0.717, 1.165) is 0 Å². The number of amides is 5. The summed E-state index contributed by atoms with van der Waals surface area (Å²) in [6, 6.07) is -7.08. The number of aliphatic carboxylic acids is 2. The molecule has 1 heterocycles. The molecule has 44 heavy (non-hydrogen) atoms. The van der Waals surface area contributed by atoms with Crippen molar-refractivity contribution in [1.82, 2.24) is 26.2 Å². The lowest BCUT2D eigenvalue weighted by atomic mass is 10.0. The van der Waals surface area contributed by atoms with E-state index in [9.17, 15) is 43.8 Å². The number of rotatable bonds is 18. The highest BCUT2D eigenvalue weighted by Gasteiger charge is 2.39. The van der Waals surface area contributed by atoms with E-state index < -0.39 is 96.2 Å². The quantitative estimate of drug-likeness (QED) is 0.0805. The van der Waals surface area contributed by atoms with Gasteiger partial charge in [0.15, 0.2) is 0 Å². The summed E-state index contributed by atoms with van der Waals surface area (Å²) in [5, 5.41) is 38.0. The topological polar surface area (TPSA) is 258 Å². The molecule has 16 nitrogen and oxygen atoms in total. The molecule has 0 radical (unpaired) electrons. The van der Waals surface area contributed by atoms with Gasteiger partial charge in [0, 0.05) is 13.0 Å². The van der Waals surface area contributed by atoms with Gasteiger partial charge in [-0.3, -0.25) is 28.8 Å². The Labute approximate surface area is 260 Å². The molecule has 7 atom stereocenters. The minimum atomic E-state index is -1.37. The Balaban J connectivity index is 3.01. The second-order valence-electron chi connectivity index (χ2n) is 11.1. The maximum atomic E-state index is 13.3. The van der Waals surface area contributed by atoms with Crippen molar-refractivity contribution in [2.24, 2.45) is 11.7 Å². The Morgan fingerprint density at radius 3 is 2.00 bits per heavy atom. The van der Waals surface area contributed by atoms with Crippen LogP contribution < -0.4 is 27.0 Å². The Bertz CT molecular complexity index is 1060. The van der Waals surface area contributed by atoms with Crippen molar-refractivity contribution in [2.75, 3.05) is 18.6 Å². The van der Waals surface area contributed by atoms with E-state index in [-0.39, 0.29) is 25.8 Å². The maximum Gasteiger partial charge on any atom is 0.326 e. The van der Waals surface area contributed by atoms with E-state index in [1.54, 1.807) is 13.8 Å². The van der Waals surface area contributed by atoms with Crippen molar-refractivity contribution in [3.05, 3.63) is 0 Å². The van der Waals surface area contributed by atoms with Gasteiger partial charge in [0.25, 0.3) is 0 Å². The molecule has 1 aliphatic rings. The zero-order valence-electron chi connectivity index (χ0n) is 25.7. The van der Waals surface area contributed by atoms with Gasteiger partial charge in [-0.2, -0.15) is 11.8 Å². The number of nitrogens with two attached hydrogens (primary N) is 1. The van der Waals surface area contributed by atoms with Crippen LogP contribution in [-0.2, 0) is 33.6 Å². The normalized spacial score (nSPS) is 18.7. The number of nitrogens with zero attached hydrogens (tertiary/aromatic N) is 1. The lowest BCUT2D eigenvalue weighted by Gasteiger charge is -2.30. The number of likely N-dealkylation sites (tertiary alicyclic amines) is 1. The molecule has 0 bridgehead atoms. The first kappa shape index (κ1) is 38.6. The molecule has 1 rings (SSSR count). The van der Waals surface area contributed by atoms with Gasteiger partial charge in [-0.1, -0.05) is 13.8 Å². The van der Waals surface area contributed by atoms with Gasteiger partial charge >= 0.3 is 11.9 Å². The summed E-state index contributed by atoms with van der Waals surface area (Å²) in [6.45, 7) is 6.09. The second kappa shape index (κ2) is 18.4. The summed E-state index contributed by atoms with van der Waals surface area (Å²) in [6.07, 6.45) is 0.764. The van der Waals surface area contributed by atoms with Crippen LogP contribution in [0.4, 0.5) is 0 Å². The first-order valence-electron chi connectivity index (χ1n) is 14.4. The first-order valence-corrected chi connectivity index (χ1v) is 15.8. The van der Waals surface area contributed by atoms with Gasteiger partial charge in [0.1, 0.15) is 36.3 Å². The van der Waals surface area contributed by atoms with Gasteiger partial charge in [-0.05, 0) is 57.5 Å². The number of carboxylic acids is 2. The molecule has 0 aromatic rings. The van der Waals surface area contributed by atoms with E-state index in [1.165, 1.54) is 30.5 Å². The molecule has 0 aromatic heterocycles. The van der Waals surface area contributed by atoms with Crippen molar-refractivity contribution in [1.29, 1.82) is 0 Å². The summed E-state index contributed by atoms with van der Waals surface area (Å²) in [5.41, 5.74) is 5.67. The molecule has 7 unspecified atom stereocenters. The fraction of sp³-hybridized carbons (Fsp3) is 0.741. The summed E-state index contributed by atoms with van der Waals surface area (Å²) < 4.78 is 0. The molecule has 17 heteroatoms. The third-order valence-corrected chi connectivity index (χ3v) is 7.79. The fourth-order valence-electron chi connectivity index (χ4n) is 4.49. The Kier molecular flexibility index (Phi) is 16.1. The van der Waals surface area contributed by atoms with Crippen LogP contribution in [0.25, 0.3) is 0 Å². The molecular formula is C27H46N6O10S. The third-order valence-electron chi connectivity index (χ3n) is 7.14. The van der Waals surface area contributed by atoms with Crippen LogP contribution in [0.1, 0.15) is 59.8 Å². The number of hydrogen-bond acceptors (Lipinski definition) is 10. The Hall–Kier alpha value is -3.44. The smallest absolute Gasteiger partial charge is 0.326 e. The highest BCUT2D eigenvalue weighted by atomic mass is 32.2. The van der Waals surface area contributed by atoms with Gasteiger partial charge < -0.3 is 47.2 Å². The minimum absolute atomic E-state index is 0.174. The van der Waals surface area contributed by atoms with Crippen LogP contribution in [-0.4, -0.2) is 123 Å². The van der Waals surface area contributed by atoms with Crippen LogP contribution in [0.15, 0.2) is 0 Å². The second-order valence-corrected chi connectivity index (χ2v) is 12.1. The van der Waals surface area contributed by atoms with Crippen molar-refractivity contribution in [3.63, 3.8) is 0 Å². The Morgan fingerprint density at radius 1 is 0.886 bits per heavy atom. The van der Waals surface area contributed by atoms with Crippen molar-refractivity contribution in [2.45, 2.75) is 102 Å². The molecule has 1 fully saturated rings. The first-order chi connectivity index (χ1) is 20.5. The van der Waals surface area contributed by atoms with E-state index in [2.05, 4.69) is 21.3 Å². The number of carboxylic acid groups (broad SMARTS) is 2. The molecule has 1 saturated heterocycles. The molecular weight excluding hydrogens is 600 g/mol. The van der Waals surface area contributed by atoms with Crippen molar-refractivity contribution in [3.8, 4) is 0 Å².